The number of terminal acetylenes is 1. The smallest absolute Gasteiger partial charge is 0.315 e. The van der Waals surface area contributed by atoms with Gasteiger partial charge in [-0.25, -0.2) is 9.78 Å². The predicted molar refractivity (Wildman–Crippen MR) is 121 cm³/mol. The van der Waals surface area contributed by atoms with Gasteiger partial charge in [-0.2, -0.15) is 0 Å². The first-order valence-electron chi connectivity index (χ1n) is 10.6. The van der Waals surface area contributed by atoms with Crippen LogP contribution in [0.25, 0.3) is 0 Å². The average Bonchev–Trinajstić information content (AvgIpc) is 2.77. The lowest BCUT2D eigenvalue weighted by Gasteiger charge is -2.36. The van der Waals surface area contributed by atoms with Crippen molar-refractivity contribution in [2.75, 3.05) is 31.1 Å². The Bertz CT molecular complexity index is 867. The average molecular weight is 423 g/mol. The third-order valence-corrected chi connectivity index (χ3v) is 4.95. The largest absolute Gasteiger partial charge is 0.481 e. The van der Waals surface area contributed by atoms with E-state index in [1.165, 1.54) is 0 Å². The molecule has 31 heavy (non-hydrogen) atoms. The number of aromatic nitrogens is 1. The summed E-state index contributed by atoms with van der Waals surface area (Å²) in [6.07, 6.45) is 8.10. The maximum atomic E-state index is 12.1. The van der Waals surface area contributed by atoms with Crippen LogP contribution in [0.15, 0.2) is 42.6 Å². The Morgan fingerprint density at radius 3 is 2.52 bits per heavy atom. The molecule has 0 bridgehead atoms. The van der Waals surface area contributed by atoms with Crippen LogP contribution >= 0.6 is 0 Å². The first-order chi connectivity index (χ1) is 15.0. The van der Waals surface area contributed by atoms with Gasteiger partial charge in [-0.15, -0.1) is 6.42 Å². The van der Waals surface area contributed by atoms with Crippen molar-refractivity contribution >= 4 is 11.8 Å². The van der Waals surface area contributed by atoms with E-state index in [1.807, 2.05) is 42.6 Å². The fraction of sp³-hybridized carbons (Fsp3) is 0.417. The maximum Gasteiger partial charge on any atom is 0.315 e. The molecular formula is C24H30N4O3. The molecule has 2 aromatic rings. The zero-order valence-electron chi connectivity index (χ0n) is 18.1. The molecule has 164 valence electrons. The van der Waals surface area contributed by atoms with E-state index in [0.29, 0.717) is 13.1 Å². The van der Waals surface area contributed by atoms with Crippen molar-refractivity contribution < 1.29 is 14.3 Å². The molecule has 2 atom stereocenters. The van der Waals surface area contributed by atoms with Crippen LogP contribution in [-0.4, -0.2) is 49.5 Å². The first-order valence-corrected chi connectivity index (χ1v) is 10.6. The summed E-state index contributed by atoms with van der Waals surface area (Å²) in [5.74, 6) is 4.11. The zero-order valence-corrected chi connectivity index (χ0v) is 18.1. The summed E-state index contributed by atoms with van der Waals surface area (Å²) in [6, 6.07) is 11.5. The van der Waals surface area contributed by atoms with Crippen LogP contribution in [0.1, 0.15) is 25.0 Å². The van der Waals surface area contributed by atoms with Gasteiger partial charge in [0.25, 0.3) is 0 Å². The molecule has 1 aliphatic rings. The molecule has 0 aliphatic carbocycles. The van der Waals surface area contributed by atoms with Gasteiger partial charge < -0.3 is 25.0 Å². The van der Waals surface area contributed by atoms with Crippen molar-refractivity contribution in [3.05, 3.63) is 53.7 Å². The lowest BCUT2D eigenvalue weighted by atomic mass is 10.1. The summed E-state index contributed by atoms with van der Waals surface area (Å²) >= 11 is 0. The minimum absolute atomic E-state index is 0.190. The Balaban J connectivity index is 1.37. The number of urea groups is 1. The third kappa shape index (κ3) is 7.19. The van der Waals surface area contributed by atoms with Crippen molar-refractivity contribution in [3.63, 3.8) is 0 Å². The van der Waals surface area contributed by atoms with Crippen LogP contribution in [0.2, 0.25) is 0 Å². The molecule has 0 saturated carbocycles. The highest BCUT2D eigenvalue weighted by molar-refractivity contribution is 5.73. The molecule has 2 N–H and O–H groups in total. The molecule has 2 amide bonds. The number of carbonyl (C=O) groups excluding carboxylic acids is 1. The zero-order chi connectivity index (χ0) is 22.1. The van der Waals surface area contributed by atoms with Crippen molar-refractivity contribution in [2.45, 2.75) is 39.0 Å². The van der Waals surface area contributed by atoms with Crippen LogP contribution in [0, 0.1) is 12.3 Å². The van der Waals surface area contributed by atoms with E-state index in [2.05, 4.69) is 40.3 Å². The Kier molecular flexibility index (Phi) is 8.13. The number of anilines is 1. The van der Waals surface area contributed by atoms with Crippen LogP contribution in [0.3, 0.4) is 0 Å². The van der Waals surface area contributed by atoms with Gasteiger partial charge in [0.15, 0.2) is 0 Å². The predicted octanol–water partition coefficient (Wildman–Crippen LogP) is 2.75. The van der Waals surface area contributed by atoms with Crippen LogP contribution < -0.4 is 20.3 Å². The number of nitrogens with one attached hydrogen (secondary N) is 2. The molecule has 3 rings (SSSR count). The lowest BCUT2D eigenvalue weighted by molar-refractivity contribution is -0.00546. The molecular weight excluding hydrogens is 392 g/mol. The van der Waals surface area contributed by atoms with Gasteiger partial charge >= 0.3 is 6.03 Å². The Hall–Kier alpha value is -3.24. The van der Waals surface area contributed by atoms with Gasteiger partial charge in [-0.05, 0) is 49.6 Å². The van der Waals surface area contributed by atoms with Gasteiger partial charge in [0.1, 0.15) is 18.2 Å². The minimum atomic E-state index is -0.200. The van der Waals surface area contributed by atoms with Crippen molar-refractivity contribution in [3.8, 4) is 18.1 Å². The maximum absolute atomic E-state index is 12.1. The fourth-order valence-electron chi connectivity index (χ4n) is 3.52. The summed E-state index contributed by atoms with van der Waals surface area (Å²) in [4.78, 5) is 18.8. The molecule has 2 heterocycles. The van der Waals surface area contributed by atoms with Crippen LogP contribution in [0.5, 0.6) is 5.75 Å². The summed E-state index contributed by atoms with van der Waals surface area (Å²) < 4.78 is 11.1. The number of amides is 2. The number of benzene rings is 1. The molecule has 0 radical (unpaired) electrons. The summed E-state index contributed by atoms with van der Waals surface area (Å²) in [7, 11) is 0. The van der Waals surface area contributed by atoms with E-state index >= 15 is 0 Å². The summed E-state index contributed by atoms with van der Waals surface area (Å²) in [6.45, 7) is 7.03. The Morgan fingerprint density at radius 2 is 1.87 bits per heavy atom. The van der Waals surface area contributed by atoms with Gasteiger partial charge in [-0.3, -0.25) is 0 Å². The number of morpholine rings is 1. The Labute approximate surface area is 184 Å². The second-order valence-corrected chi connectivity index (χ2v) is 7.68. The van der Waals surface area contributed by atoms with Crippen LogP contribution in [0.4, 0.5) is 10.6 Å². The highest BCUT2D eigenvalue weighted by Crippen LogP contribution is 2.18. The standard InChI is InChI=1S/C24H30N4O3/c1-4-13-30-22-8-5-20(6-9-22)11-12-25-24(29)27-15-21-7-10-23(26-14-21)28-16-18(2)31-19(3)17-28/h1,5-10,14,18-19H,11-13,15-17H2,2-3H3,(H2,25,27,29). The molecule has 2 unspecified atom stereocenters. The number of hydrogen-bond donors (Lipinski definition) is 2. The normalized spacial score (nSPS) is 18.2. The van der Waals surface area contributed by atoms with E-state index in [-0.39, 0.29) is 24.8 Å². The number of carbonyl (C=O) groups is 1. The van der Waals surface area contributed by atoms with E-state index in [0.717, 1.165) is 42.2 Å². The fourth-order valence-corrected chi connectivity index (χ4v) is 3.52. The number of rotatable bonds is 8. The molecule has 7 heteroatoms. The lowest BCUT2D eigenvalue weighted by Crippen LogP contribution is -2.45. The molecule has 1 saturated heterocycles. The molecule has 7 nitrogen and oxygen atoms in total. The third-order valence-electron chi connectivity index (χ3n) is 4.95. The monoisotopic (exact) mass is 422 g/mol. The van der Waals surface area contributed by atoms with Crippen molar-refractivity contribution in [1.82, 2.24) is 15.6 Å². The molecule has 1 aromatic heterocycles. The van der Waals surface area contributed by atoms with Crippen molar-refractivity contribution in [2.24, 2.45) is 0 Å². The second-order valence-electron chi connectivity index (χ2n) is 7.68. The second kappa shape index (κ2) is 11.2. The number of hydrogen-bond acceptors (Lipinski definition) is 5. The quantitative estimate of drug-likeness (QED) is 0.640. The molecule has 0 spiro atoms. The van der Waals surface area contributed by atoms with E-state index in [1.54, 1.807) is 0 Å². The van der Waals surface area contributed by atoms with Gasteiger partial charge in [0.05, 0.1) is 12.2 Å². The number of nitrogens with zero attached hydrogens (tertiary/aromatic N) is 2. The van der Waals surface area contributed by atoms with E-state index in [9.17, 15) is 4.79 Å². The van der Waals surface area contributed by atoms with E-state index < -0.39 is 0 Å². The molecule has 1 aromatic carbocycles. The van der Waals surface area contributed by atoms with Gasteiger partial charge in [0, 0.05) is 32.4 Å². The number of pyridine rings is 1. The van der Waals surface area contributed by atoms with Gasteiger partial charge in [-0.1, -0.05) is 24.1 Å². The van der Waals surface area contributed by atoms with E-state index in [4.69, 9.17) is 15.9 Å². The molecule has 1 fully saturated rings. The van der Waals surface area contributed by atoms with Crippen molar-refractivity contribution in [1.29, 1.82) is 0 Å². The summed E-state index contributed by atoms with van der Waals surface area (Å²) in [5.41, 5.74) is 2.07. The first kappa shape index (κ1) is 22.4. The minimum Gasteiger partial charge on any atom is -0.481 e. The Morgan fingerprint density at radius 1 is 1.16 bits per heavy atom. The SMILES string of the molecule is C#CCOc1ccc(CCNC(=O)NCc2ccc(N3CC(C)OC(C)C3)nc2)cc1. The topological polar surface area (TPSA) is 75.7 Å². The highest BCUT2D eigenvalue weighted by atomic mass is 16.5. The molecule has 1 aliphatic heterocycles. The highest BCUT2D eigenvalue weighted by Gasteiger charge is 2.22. The van der Waals surface area contributed by atoms with Crippen LogP contribution in [-0.2, 0) is 17.7 Å². The number of ether oxygens (including phenoxy) is 2. The van der Waals surface area contributed by atoms with Gasteiger partial charge in [0.2, 0.25) is 0 Å². The summed E-state index contributed by atoms with van der Waals surface area (Å²) in [5, 5.41) is 5.74.